The summed E-state index contributed by atoms with van der Waals surface area (Å²) in [5.41, 5.74) is 2.19. The van der Waals surface area contributed by atoms with Crippen LogP contribution in [0, 0.1) is 6.92 Å². The van der Waals surface area contributed by atoms with E-state index in [-0.39, 0.29) is 0 Å². The second-order valence-electron chi connectivity index (χ2n) is 2.97. The average Bonchev–Trinajstić information content (AvgIpc) is 2.23. The molecule has 70 valence electrons. The molecule has 0 unspecified atom stereocenters. The van der Waals surface area contributed by atoms with E-state index in [9.17, 15) is 0 Å². The molecule has 1 aromatic carbocycles. The first-order chi connectivity index (χ1) is 6.00. The predicted molar refractivity (Wildman–Crippen MR) is 62.1 cm³/mol. The fraction of sp³-hybridized carbons (Fsp3) is 0.111. The minimum atomic E-state index is -2.94. The molecule has 0 radical (unpaired) electrons. The fourth-order valence-electron chi connectivity index (χ4n) is 1.31. The van der Waals surface area contributed by atoms with Crippen molar-refractivity contribution in [2.24, 2.45) is 0 Å². The van der Waals surface area contributed by atoms with Crippen LogP contribution in [0.4, 0.5) is 0 Å². The Bertz CT molecular complexity index is 396. The Labute approximate surface area is 93.8 Å². The van der Waals surface area contributed by atoms with Crippen molar-refractivity contribution >= 4 is 54.1 Å². The number of hydrogen-bond donors (Lipinski definition) is 0. The predicted octanol–water partition coefficient (Wildman–Crippen LogP) is 3.25. The third kappa shape index (κ3) is 1.74. The molecule has 0 N–H and O–H groups in total. The second kappa shape index (κ2) is 3.33. The molecule has 0 saturated carbocycles. The van der Waals surface area contributed by atoms with E-state index in [1.165, 1.54) is 5.56 Å². The summed E-state index contributed by atoms with van der Waals surface area (Å²) in [6, 6.07) is 6.05. The zero-order valence-electron chi connectivity index (χ0n) is 6.85. The second-order valence-corrected chi connectivity index (χ2v) is 15.8. The van der Waals surface area contributed by atoms with Gasteiger partial charge >= 0.3 is 94.5 Å². The van der Waals surface area contributed by atoms with Gasteiger partial charge < -0.3 is 0 Å². The SMILES string of the molecule is Cc1ccc2c(c1)[Te](Cl)(Cl)C=C2Cl. The minimum absolute atomic E-state index is 0.709. The summed E-state index contributed by atoms with van der Waals surface area (Å²) < 4.78 is 2.91. The molecule has 1 aliphatic heterocycles. The normalized spacial score (nSPS) is 20.8. The van der Waals surface area contributed by atoms with Gasteiger partial charge in [-0.3, -0.25) is 0 Å². The van der Waals surface area contributed by atoms with Gasteiger partial charge in [0.25, 0.3) is 0 Å². The molecule has 0 nitrogen and oxygen atoms in total. The van der Waals surface area contributed by atoms with E-state index in [1.54, 1.807) is 0 Å². The Balaban J connectivity index is 2.68. The van der Waals surface area contributed by atoms with Crippen molar-refractivity contribution in [2.75, 3.05) is 0 Å². The molecular weight excluding hydrogens is 342 g/mol. The summed E-state index contributed by atoms with van der Waals surface area (Å²) in [5, 5.41) is 0.709. The molecule has 0 bridgehead atoms. The van der Waals surface area contributed by atoms with E-state index >= 15 is 0 Å². The molecule has 0 aromatic heterocycles. The summed E-state index contributed by atoms with van der Waals surface area (Å²) in [7, 11) is 12.5. The average molecular weight is 349 g/mol. The molecule has 1 heterocycles. The molecule has 0 amide bonds. The van der Waals surface area contributed by atoms with Crippen LogP contribution in [-0.4, -0.2) is 15.9 Å². The van der Waals surface area contributed by atoms with Crippen molar-refractivity contribution in [1.82, 2.24) is 0 Å². The zero-order valence-corrected chi connectivity index (χ0v) is 11.4. The molecule has 0 saturated heterocycles. The van der Waals surface area contributed by atoms with Crippen molar-refractivity contribution < 1.29 is 0 Å². The summed E-state index contributed by atoms with van der Waals surface area (Å²) in [5.74, 6) is 0. The number of fused-ring (bicyclic) bond motifs is 1. The van der Waals surface area contributed by atoms with Gasteiger partial charge in [0.05, 0.1) is 0 Å². The Morgan fingerprint density at radius 1 is 1.23 bits per heavy atom. The third-order valence-corrected chi connectivity index (χ3v) is 10.2. The van der Waals surface area contributed by atoms with Crippen LogP contribution < -0.4 is 3.61 Å². The summed E-state index contributed by atoms with van der Waals surface area (Å²) >= 11 is 3.08. The van der Waals surface area contributed by atoms with Gasteiger partial charge in [0.1, 0.15) is 0 Å². The van der Waals surface area contributed by atoms with Crippen molar-refractivity contribution in [3.8, 4) is 0 Å². The van der Waals surface area contributed by atoms with Gasteiger partial charge in [-0.15, -0.1) is 0 Å². The van der Waals surface area contributed by atoms with Gasteiger partial charge in [-0.25, -0.2) is 0 Å². The van der Waals surface area contributed by atoms with E-state index in [1.807, 2.05) is 29.2 Å². The van der Waals surface area contributed by atoms with E-state index in [2.05, 4.69) is 0 Å². The number of hydrogen-bond acceptors (Lipinski definition) is 0. The maximum atomic E-state index is 6.26. The quantitative estimate of drug-likeness (QED) is 0.631. The van der Waals surface area contributed by atoms with E-state index in [0.717, 1.165) is 9.17 Å². The molecule has 0 spiro atoms. The van der Waals surface area contributed by atoms with Crippen LogP contribution >= 0.6 is 29.5 Å². The monoisotopic (exact) mass is 350 g/mol. The van der Waals surface area contributed by atoms with Crippen molar-refractivity contribution in [1.29, 1.82) is 0 Å². The number of benzene rings is 1. The van der Waals surface area contributed by atoms with Crippen LogP contribution in [0.15, 0.2) is 22.3 Å². The summed E-state index contributed by atoms with van der Waals surface area (Å²) in [4.78, 5) is 0. The molecule has 13 heavy (non-hydrogen) atoms. The molecule has 0 atom stereocenters. The van der Waals surface area contributed by atoms with Crippen LogP contribution in [0.5, 0.6) is 0 Å². The molecule has 1 aromatic rings. The van der Waals surface area contributed by atoms with E-state index < -0.39 is 15.9 Å². The van der Waals surface area contributed by atoms with Gasteiger partial charge in [0.15, 0.2) is 0 Å². The van der Waals surface area contributed by atoms with Crippen molar-refractivity contribution in [3.63, 3.8) is 0 Å². The van der Waals surface area contributed by atoms with E-state index in [0.29, 0.717) is 5.03 Å². The maximum absolute atomic E-state index is 6.26. The first-order valence-corrected chi connectivity index (χ1v) is 12.5. The molecule has 2 rings (SSSR count). The number of halogens is 3. The number of aryl methyl sites for hydroxylation is 1. The van der Waals surface area contributed by atoms with Crippen LogP contribution in [-0.2, 0) is 0 Å². The Morgan fingerprint density at radius 2 is 1.92 bits per heavy atom. The first-order valence-electron chi connectivity index (χ1n) is 3.71. The topological polar surface area (TPSA) is 0 Å². The van der Waals surface area contributed by atoms with Gasteiger partial charge in [-0.1, -0.05) is 0 Å². The van der Waals surface area contributed by atoms with Gasteiger partial charge in [-0.2, -0.15) is 0 Å². The van der Waals surface area contributed by atoms with Crippen LogP contribution in [0.3, 0.4) is 0 Å². The van der Waals surface area contributed by atoms with Crippen molar-refractivity contribution in [3.05, 3.63) is 33.4 Å². The van der Waals surface area contributed by atoms with Crippen molar-refractivity contribution in [2.45, 2.75) is 6.92 Å². The van der Waals surface area contributed by atoms with Gasteiger partial charge in [0.2, 0.25) is 0 Å². The summed E-state index contributed by atoms with van der Waals surface area (Å²) in [6.07, 6.45) is 0. The molecule has 0 fully saturated rings. The van der Waals surface area contributed by atoms with E-state index in [4.69, 9.17) is 29.5 Å². The molecular formula is C9H7Cl3Te. The summed E-state index contributed by atoms with van der Waals surface area (Å²) in [6.45, 7) is 2.03. The van der Waals surface area contributed by atoms with Crippen LogP contribution in [0.2, 0.25) is 0 Å². The standard InChI is InChI=1S/C9H7Cl3Te/c1-6-2-3-7-8(10)5-13(11,12)9(7)4-6/h2-5H,1H3. The zero-order chi connectivity index (χ0) is 9.64. The third-order valence-electron chi connectivity index (χ3n) is 1.94. The number of rotatable bonds is 0. The van der Waals surface area contributed by atoms with Crippen LogP contribution in [0.25, 0.3) is 5.03 Å². The first kappa shape index (κ1) is 10.1. The Morgan fingerprint density at radius 3 is 2.62 bits per heavy atom. The fourth-order valence-corrected chi connectivity index (χ4v) is 9.86. The Hall–Kier alpha value is 0.620. The van der Waals surface area contributed by atoms with Crippen LogP contribution in [0.1, 0.15) is 11.1 Å². The Kier molecular flexibility index (Phi) is 2.60. The molecule has 4 heteroatoms. The van der Waals surface area contributed by atoms with Gasteiger partial charge in [0, 0.05) is 0 Å². The molecule has 0 aliphatic carbocycles. The molecule has 1 aliphatic rings. The van der Waals surface area contributed by atoms with Gasteiger partial charge in [-0.05, 0) is 0 Å².